The van der Waals surface area contributed by atoms with Gasteiger partial charge in [-0.15, -0.1) is 0 Å². The molecule has 0 rings (SSSR count). The van der Waals surface area contributed by atoms with Gasteiger partial charge in [-0.3, -0.25) is 0 Å². The number of aliphatic hydroxyl groups is 35. The molecule has 0 saturated heterocycles. The SMILES string of the molecule is O=C([O-])[C@H](O)[C@@H](O)[C@H](O)[C@H](O)CO.O=C([O-])[C@H](O)[C@@H](O)[C@H](O)[C@H](O)CO.O=C([O-])[C@H](O)[C@@H](O)[C@H](O)[C@H](O)CO.O=C([O-])[C@H](O)[C@@H](O)[C@H](O)[C@H](O)CO.O=C([O-])[C@H](O)[C@@H](O)[C@H](O)[C@H](O)CO.O=C([O-])[C@H](O)[C@@H](O)[C@H](O)[C@H](O)CO.O=C([O-])[C@H](O)[C@@H](O)[C@H](O)[C@H](O)CO.[Re+7]. The van der Waals surface area contributed by atoms with Gasteiger partial charge in [0.15, 0.2) is 0 Å². The Bertz CT molecular complexity index is 1570. The van der Waals surface area contributed by atoms with Gasteiger partial charge >= 0.3 is 20.4 Å². The summed E-state index contributed by atoms with van der Waals surface area (Å²) < 4.78 is 0. The maximum absolute atomic E-state index is 9.98. The molecule has 0 aliphatic heterocycles. The Morgan fingerprint density at radius 2 is 0.239 bits per heavy atom. The maximum Gasteiger partial charge on any atom is 7.00 e. The number of carboxylic acid groups (broad SMARTS) is 7. The molecule has 0 spiro atoms. The van der Waals surface area contributed by atoms with Crippen molar-refractivity contribution in [1.82, 2.24) is 0 Å². The Morgan fingerprint density at radius 3 is 0.283 bits per heavy atom. The number of hydrogen-bond acceptors (Lipinski definition) is 49. The summed E-state index contributed by atoms with van der Waals surface area (Å²) in [5.41, 5.74) is 0. The second-order valence-electron chi connectivity index (χ2n) is 17.5. The van der Waals surface area contributed by atoms with Crippen LogP contribution < -0.4 is 35.7 Å². The van der Waals surface area contributed by atoms with Gasteiger partial charge in [-0.05, 0) is 0 Å². The van der Waals surface area contributed by atoms with E-state index >= 15 is 0 Å². The van der Waals surface area contributed by atoms with Gasteiger partial charge in [0.05, 0.1) is 88.0 Å². The van der Waals surface area contributed by atoms with Crippen LogP contribution in [0, 0.1) is 0 Å². The fourth-order valence-corrected chi connectivity index (χ4v) is 4.63. The van der Waals surface area contributed by atoms with Crippen LogP contribution in [0.15, 0.2) is 0 Å². The summed E-state index contributed by atoms with van der Waals surface area (Å²) in [5, 5.41) is 374. The minimum Gasteiger partial charge on any atom is -0.547 e. The smallest absolute Gasteiger partial charge is 0.547 e. The second-order valence-corrected chi connectivity index (χ2v) is 17.5. The molecule has 28 atom stereocenters. The van der Waals surface area contributed by atoms with Crippen LogP contribution in [0.4, 0.5) is 0 Å². The van der Waals surface area contributed by atoms with Crippen molar-refractivity contribution in [3.8, 4) is 0 Å². The fraction of sp³-hybridized carbons (Fsp3) is 0.833. The number of aliphatic hydroxyl groups excluding tert-OH is 35. The Kier molecular flexibility index (Phi) is 61.7. The molecule has 0 aliphatic carbocycles. The van der Waals surface area contributed by atoms with Crippen LogP contribution >= 0.6 is 0 Å². The molecule has 0 aromatic rings. The average molecular weight is 1550 g/mol. The van der Waals surface area contributed by atoms with Gasteiger partial charge in [0.2, 0.25) is 0 Å². The van der Waals surface area contributed by atoms with E-state index in [1.54, 1.807) is 0 Å². The van der Waals surface area contributed by atoms with Crippen molar-refractivity contribution in [2.45, 2.75) is 171 Å². The van der Waals surface area contributed by atoms with Crippen molar-refractivity contribution in [3.05, 3.63) is 0 Å². The Labute approximate surface area is 526 Å². The monoisotopic (exact) mass is 1550 g/mol. The summed E-state index contributed by atoms with van der Waals surface area (Å²) in [4.78, 5) is 69.9. The number of carboxylic acids is 7. The van der Waals surface area contributed by atoms with Crippen molar-refractivity contribution >= 4 is 41.8 Å². The molecular formula is C42H77O49Re. The van der Waals surface area contributed by atoms with Gasteiger partial charge in [0.25, 0.3) is 0 Å². The van der Waals surface area contributed by atoms with E-state index in [0.29, 0.717) is 0 Å². The largest absolute Gasteiger partial charge is 7.00 e. The normalized spacial score (nSPS) is 20.2. The molecule has 0 fully saturated rings. The predicted octanol–water partition coefficient (Wildman–Crippen LogP) is -33.8. The van der Waals surface area contributed by atoms with E-state index < -0.39 is 259 Å². The van der Waals surface area contributed by atoms with Gasteiger partial charge in [-0.25, -0.2) is 0 Å². The van der Waals surface area contributed by atoms with Crippen LogP contribution in [0.25, 0.3) is 0 Å². The van der Waals surface area contributed by atoms with E-state index in [1.165, 1.54) is 0 Å². The number of hydrogen-bond donors (Lipinski definition) is 35. The van der Waals surface area contributed by atoms with Crippen LogP contribution in [0.5, 0.6) is 0 Å². The molecule has 35 N–H and O–H groups in total. The molecule has 0 saturated carbocycles. The van der Waals surface area contributed by atoms with E-state index in [0.717, 1.165) is 0 Å². The first-order valence-electron chi connectivity index (χ1n) is 24.2. The molecule has 0 aromatic carbocycles. The van der Waals surface area contributed by atoms with Crippen LogP contribution in [0.3, 0.4) is 0 Å². The molecule has 546 valence electrons. The van der Waals surface area contributed by atoms with Crippen LogP contribution in [0.1, 0.15) is 0 Å². The number of rotatable bonds is 35. The molecule has 0 unspecified atom stereocenters. The zero-order chi connectivity index (χ0) is 74.2. The third-order valence-corrected chi connectivity index (χ3v) is 10.5. The van der Waals surface area contributed by atoms with Crippen LogP contribution in [-0.4, -0.2) is 438 Å². The van der Waals surface area contributed by atoms with Crippen LogP contribution in [-0.2, 0) is 54.0 Å². The summed E-state index contributed by atoms with van der Waals surface area (Å²) in [5.74, 6) is -13.8. The molecular weight excluding hydrogens is 1470 g/mol. The van der Waals surface area contributed by atoms with Gasteiger partial charge in [0.1, 0.15) is 171 Å². The minimum absolute atomic E-state index is 0. The van der Waals surface area contributed by atoms with E-state index in [-0.39, 0.29) is 20.4 Å². The van der Waals surface area contributed by atoms with E-state index in [2.05, 4.69) is 0 Å². The molecule has 49 nitrogen and oxygen atoms in total. The van der Waals surface area contributed by atoms with Crippen molar-refractivity contribution in [2.24, 2.45) is 0 Å². The topological polar surface area (TPSA) is 989 Å². The molecule has 0 radical (unpaired) electrons. The Hall–Kier alpha value is -4.45. The van der Waals surface area contributed by atoms with E-state index in [1.807, 2.05) is 0 Å². The molecule has 0 aromatic heterocycles. The summed E-state index contributed by atoms with van der Waals surface area (Å²) in [7, 11) is 0. The van der Waals surface area contributed by atoms with Gasteiger partial charge in [-0.1, -0.05) is 0 Å². The quantitative estimate of drug-likeness (QED) is 0.0280. The summed E-state index contributed by atoms with van der Waals surface area (Å²) in [6.07, 6.45) is -56.5. The molecule has 0 bridgehead atoms. The molecule has 50 heteroatoms. The Morgan fingerprint density at radius 1 is 0.174 bits per heavy atom. The summed E-state index contributed by atoms with van der Waals surface area (Å²) >= 11 is 0. The number of aliphatic carboxylic acids is 7. The third-order valence-electron chi connectivity index (χ3n) is 10.5. The van der Waals surface area contributed by atoms with Gasteiger partial charge < -0.3 is 248 Å². The third kappa shape index (κ3) is 41.4. The van der Waals surface area contributed by atoms with E-state index in [9.17, 15) is 69.3 Å². The zero-order valence-corrected chi connectivity index (χ0v) is 49.1. The average Bonchev–Trinajstić information content (AvgIpc) is 2.31. The first kappa shape index (κ1) is 104. The van der Waals surface area contributed by atoms with Gasteiger partial charge in [-0.2, -0.15) is 0 Å². The maximum atomic E-state index is 9.98. The molecule has 92 heavy (non-hydrogen) atoms. The standard InChI is InChI=1S/7C6H12O7.Re/c7*7-1-2(8)3(9)4(10)5(11)6(12)13;/h7*2-5,7-11H,1H2,(H,12,13);/q;;;;;;;+7/p-7/t7*2-,3-,4+,5-;/m1111111./s1. The summed E-state index contributed by atoms with van der Waals surface area (Å²) in [6, 6.07) is 0. The number of carbonyl (C=O) groups excluding carboxylic acids is 7. The Balaban J connectivity index is -0.000000149. The van der Waals surface area contributed by atoms with Crippen molar-refractivity contribution in [3.63, 3.8) is 0 Å². The molecule has 0 heterocycles. The van der Waals surface area contributed by atoms with Crippen molar-refractivity contribution < 1.29 is 268 Å². The molecule has 0 amide bonds. The molecule has 0 aliphatic rings. The number of carbonyl (C=O) groups is 7. The van der Waals surface area contributed by atoms with Gasteiger partial charge in [0, 0.05) is 0 Å². The van der Waals surface area contributed by atoms with E-state index in [4.69, 9.17) is 179 Å². The van der Waals surface area contributed by atoms with Crippen molar-refractivity contribution in [2.75, 3.05) is 46.2 Å². The minimum atomic E-state index is -2.31. The first-order chi connectivity index (χ1) is 41.4. The predicted molar refractivity (Wildman–Crippen MR) is 253 cm³/mol. The van der Waals surface area contributed by atoms with Crippen LogP contribution in [0.2, 0.25) is 0 Å². The second kappa shape index (κ2) is 54.8. The first-order valence-corrected chi connectivity index (χ1v) is 24.2. The zero-order valence-electron chi connectivity index (χ0n) is 46.4. The summed E-state index contributed by atoms with van der Waals surface area (Å²) in [6.45, 7) is -6.04. The van der Waals surface area contributed by atoms with Crippen molar-refractivity contribution in [1.29, 1.82) is 0 Å². The fourth-order valence-electron chi connectivity index (χ4n) is 4.63.